The highest BCUT2D eigenvalue weighted by atomic mass is 16.2. The molecule has 22 heavy (non-hydrogen) atoms. The second-order valence-electron chi connectivity index (χ2n) is 4.83. The number of hydrogen-bond acceptors (Lipinski definition) is 4. The van der Waals surface area contributed by atoms with Gasteiger partial charge in [0, 0.05) is 18.9 Å². The van der Waals surface area contributed by atoms with Crippen molar-refractivity contribution in [3.05, 3.63) is 77.9 Å². The summed E-state index contributed by atoms with van der Waals surface area (Å²) in [6.45, 7) is 1.00. The Kier molecular flexibility index (Phi) is 4.20. The van der Waals surface area contributed by atoms with E-state index in [1.807, 2.05) is 42.5 Å². The maximum absolute atomic E-state index is 12.0. The molecule has 0 radical (unpaired) electrons. The molecule has 1 N–H and O–H groups in total. The Balaban J connectivity index is 1.60. The van der Waals surface area contributed by atoms with Crippen molar-refractivity contribution < 1.29 is 4.79 Å². The monoisotopic (exact) mass is 293 g/mol. The van der Waals surface area contributed by atoms with E-state index in [1.54, 1.807) is 23.3 Å². The third-order valence-corrected chi connectivity index (χ3v) is 3.13. The highest BCUT2D eigenvalue weighted by molar-refractivity contribution is 5.91. The summed E-state index contributed by atoms with van der Waals surface area (Å²) in [7, 11) is 0. The molecule has 0 aliphatic heterocycles. The van der Waals surface area contributed by atoms with Crippen LogP contribution in [0.2, 0.25) is 0 Å². The van der Waals surface area contributed by atoms with E-state index >= 15 is 0 Å². The lowest BCUT2D eigenvalue weighted by atomic mass is 10.2. The fourth-order valence-corrected chi connectivity index (χ4v) is 2.03. The van der Waals surface area contributed by atoms with Gasteiger partial charge in [-0.2, -0.15) is 0 Å². The Morgan fingerprint density at radius 2 is 1.91 bits per heavy atom. The van der Waals surface area contributed by atoms with Gasteiger partial charge in [0.2, 0.25) is 0 Å². The third kappa shape index (κ3) is 3.54. The van der Waals surface area contributed by atoms with Crippen molar-refractivity contribution in [3.63, 3.8) is 0 Å². The molecular weight excluding hydrogens is 278 g/mol. The van der Waals surface area contributed by atoms with Crippen LogP contribution in [0, 0.1) is 0 Å². The summed E-state index contributed by atoms with van der Waals surface area (Å²) in [6.07, 6.45) is 5.05. The van der Waals surface area contributed by atoms with Gasteiger partial charge in [0.25, 0.3) is 5.91 Å². The summed E-state index contributed by atoms with van der Waals surface area (Å²) in [5.74, 6) is -0.247. The Hall–Kier alpha value is -3.02. The summed E-state index contributed by atoms with van der Waals surface area (Å²) in [6, 6.07) is 13.6. The minimum atomic E-state index is -0.247. The van der Waals surface area contributed by atoms with Gasteiger partial charge in [-0.25, -0.2) is 4.68 Å². The van der Waals surface area contributed by atoms with Crippen LogP contribution >= 0.6 is 0 Å². The van der Waals surface area contributed by atoms with E-state index in [-0.39, 0.29) is 5.91 Å². The van der Waals surface area contributed by atoms with Crippen molar-refractivity contribution in [2.75, 3.05) is 0 Å². The second-order valence-corrected chi connectivity index (χ2v) is 4.83. The van der Waals surface area contributed by atoms with Gasteiger partial charge in [-0.05, 0) is 17.2 Å². The van der Waals surface area contributed by atoms with E-state index < -0.39 is 0 Å². The average Bonchev–Trinajstić information content (AvgIpc) is 3.03. The molecular formula is C16H15N5O. The van der Waals surface area contributed by atoms with Crippen LogP contribution in [0.25, 0.3) is 0 Å². The van der Waals surface area contributed by atoms with Crippen LogP contribution in [0.15, 0.2) is 61.1 Å². The molecule has 0 atom stereocenters. The van der Waals surface area contributed by atoms with E-state index in [0.29, 0.717) is 18.8 Å². The number of carbonyl (C=O) groups excluding carboxylic acids is 1. The van der Waals surface area contributed by atoms with Crippen LogP contribution < -0.4 is 5.32 Å². The first-order valence-corrected chi connectivity index (χ1v) is 6.92. The van der Waals surface area contributed by atoms with E-state index in [4.69, 9.17) is 0 Å². The standard InChI is InChI=1S/C16H15N5O/c22-16(18-10-14-7-4-8-17-9-14)15-12-21(20-19-15)11-13-5-2-1-3-6-13/h1-9,12H,10-11H2,(H,18,22). The summed E-state index contributed by atoms with van der Waals surface area (Å²) in [5.41, 5.74) is 2.35. The fourth-order valence-electron chi connectivity index (χ4n) is 2.03. The summed E-state index contributed by atoms with van der Waals surface area (Å²) in [4.78, 5) is 16.0. The number of nitrogens with zero attached hydrogens (tertiary/aromatic N) is 4. The third-order valence-electron chi connectivity index (χ3n) is 3.13. The molecule has 1 aromatic carbocycles. The lowest BCUT2D eigenvalue weighted by Gasteiger charge is -2.02. The summed E-state index contributed by atoms with van der Waals surface area (Å²) >= 11 is 0. The first-order valence-electron chi connectivity index (χ1n) is 6.92. The maximum Gasteiger partial charge on any atom is 0.273 e. The van der Waals surface area contributed by atoms with Gasteiger partial charge in [0.05, 0.1) is 12.7 Å². The van der Waals surface area contributed by atoms with Gasteiger partial charge in [0.1, 0.15) is 0 Å². The summed E-state index contributed by atoms with van der Waals surface area (Å²) < 4.78 is 1.65. The fraction of sp³-hybridized carbons (Fsp3) is 0.125. The van der Waals surface area contributed by atoms with Crippen molar-refractivity contribution in [2.45, 2.75) is 13.1 Å². The number of amides is 1. The van der Waals surface area contributed by atoms with Crippen LogP contribution in [0.1, 0.15) is 21.6 Å². The molecule has 0 saturated heterocycles. The van der Waals surface area contributed by atoms with E-state index in [9.17, 15) is 4.79 Å². The van der Waals surface area contributed by atoms with Gasteiger partial charge >= 0.3 is 0 Å². The van der Waals surface area contributed by atoms with Gasteiger partial charge in [0.15, 0.2) is 5.69 Å². The number of nitrogens with one attached hydrogen (secondary N) is 1. The van der Waals surface area contributed by atoms with Crippen molar-refractivity contribution >= 4 is 5.91 Å². The van der Waals surface area contributed by atoms with Crippen LogP contribution in [-0.2, 0) is 13.1 Å². The zero-order valence-electron chi connectivity index (χ0n) is 11.9. The predicted molar refractivity (Wildman–Crippen MR) is 81.0 cm³/mol. The van der Waals surface area contributed by atoms with Gasteiger partial charge < -0.3 is 5.32 Å². The molecule has 0 bridgehead atoms. The van der Waals surface area contributed by atoms with Crippen molar-refractivity contribution in [1.82, 2.24) is 25.3 Å². The highest BCUT2D eigenvalue weighted by Crippen LogP contribution is 2.02. The molecule has 0 aliphatic rings. The quantitative estimate of drug-likeness (QED) is 0.776. The maximum atomic E-state index is 12.0. The van der Waals surface area contributed by atoms with Crippen molar-refractivity contribution in [1.29, 1.82) is 0 Å². The number of benzene rings is 1. The average molecular weight is 293 g/mol. The molecule has 0 saturated carbocycles. The molecule has 0 spiro atoms. The molecule has 2 aromatic heterocycles. The van der Waals surface area contributed by atoms with Crippen LogP contribution in [0.4, 0.5) is 0 Å². The zero-order valence-corrected chi connectivity index (χ0v) is 11.9. The van der Waals surface area contributed by atoms with E-state index in [0.717, 1.165) is 11.1 Å². The Bertz CT molecular complexity index is 739. The van der Waals surface area contributed by atoms with Crippen LogP contribution in [0.5, 0.6) is 0 Å². The predicted octanol–water partition coefficient (Wildman–Crippen LogP) is 1.65. The Morgan fingerprint density at radius 1 is 1.09 bits per heavy atom. The molecule has 0 fully saturated rings. The lowest BCUT2D eigenvalue weighted by Crippen LogP contribution is -2.23. The second kappa shape index (κ2) is 6.62. The van der Waals surface area contributed by atoms with E-state index in [2.05, 4.69) is 20.6 Å². The summed E-state index contributed by atoms with van der Waals surface area (Å²) in [5, 5.41) is 10.7. The van der Waals surface area contributed by atoms with Gasteiger partial charge in [-0.1, -0.05) is 41.6 Å². The molecule has 3 rings (SSSR count). The topological polar surface area (TPSA) is 72.7 Å². The van der Waals surface area contributed by atoms with Crippen molar-refractivity contribution in [2.24, 2.45) is 0 Å². The first-order chi connectivity index (χ1) is 10.8. The molecule has 0 unspecified atom stereocenters. The van der Waals surface area contributed by atoms with Gasteiger partial charge in [-0.3, -0.25) is 9.78 Å². The normalized spacial score (nSPS) is 10.4. The largest absolute Gasteiger partial charge is 0.346 e. The molecule has 6 heteroatoms. The molecule has 0 aliphatic carbocycles. The van der Waals surface area contributed by atoms with Crippen molar-refractivity contribution in [3.8, 4) is 0 Å². The molecule has 3 aromatic rings. The van der Waals surface area contributed by atoms with Gasteiger partial charge in [-0.15, -0.1) is 5.10 Å². The molecule has 110 valence electrons. The molecule has 2 heterocycles. The number of hydrogen-bond donors (Lipinski definition) is 1. The van der Waals surface area contributed by atoms with Crippen LogP contribution in [-0.4, -0.2) is 25.9 Å². The number of carbonyl (C=O) groups is 1. The number of rotatable bonds is 5. The number of pyridine rings is 1. The Labute approximate surface area is 127 Å². The SMILES string of the molecule is O=C(NCc1cccnc1)c1cn(Cc2ccccc2)nn1. The van der Waals surface area contributed by atoms with E-state index in [1.165, 1.54) is 0 Å². The Morgan fingerprint density at radius 3 is 2.68 bits per heavy atom. The molecule has 6 nitrogen and oxygen atoms in total. The molecule has 1 amide bonds. The minimum Gasteiger partial charge on any atom is -0.346 e. The zero-order chi connectivity index (χ0) is 15.2. The first kappa shape index (κ1) is 13.9. The smallest absolute Gasteiger partial charge is 0.273 e. The number of aromatic nitrogens is 4. The van der Waals surface area contributed by atoms with Crippen LogP contribution in [0.3, 0.4) is 0 Å². The lowest BCUT2D eigenvalue weighted by molar-refractivity contribution is 0.0946. The highest BCUT2D eigenvalue weighted by Gasteiger charge is 2.10. The minimum absolute atomic E-state index is 0.247.